The maximum absolute atomic E-state index is 13.5. The Morgan fingerprint density at radius 2 is 1.05 bits per heavy atom. The summed E-state index contributed by atoms with van der Waals surface area (Å²) >= 11 is 0. The molecule has 7 heteroatoms. The number of hydrogen-bond acceptors (Lipinski definition) is 1. The standard InChI is InChI=1S/C11H10BF5.CH4O/c1-3-11(12,4-2)5-6(13)8(15)10(17)9(16)7(5)14;1-2/h3-4H2,1-2H3;2H,1H3. The number of benzene rings is 1. The highest BCUT2D eigenvalue weighted by atomic mass is 19.2. The fourth-order valence-electron chi connectivity index (χ4n) is 1.65. The molecule has 0 bridgehead atoms. The SMILES string of the molecule is CO.[B]C(CC)(CC)c1c(F)c(F)c(F)c(F)c1F. The molecule has 0 aliphatic carbocycles. The molecule has 1 aromatic carbocycles. The summed E-state index contributed by atoms with van der Waals surface area (Å²) in [5, 5.41) is 5.43. The predicted octanol–water partition coefficient (Wildman–Crippen LogP) is 3.17. The summed E-state index contributed by atoms with van der Waals surface area (Å²) < 4.78 is 65.7. The molecule has 0 fully saturated rings. The van der Waals surface area contributed by atoms with Crippen molar-refractivity contribution >= 4 is 7.85 Å². The van der Waals surface area contributed by atoms with Gasteiger partial charge in [0.05, 0.1) is 7.85 Å². The quantitative estimate of drug-likeness (QED) is 0.390. The largest absolute Gasteiger partial charge is 0.400 e. The van der Waals surface area contributed by atoms with Gasteiger partial charge in [0.15, 0.2) is 23.3 Å². The Bertz CT molecular complexity index is 417. The van der Waals surface area contributed by atoms with Gasteiger partial charge < -0.3 is 5.11 Å². The molecule has 0 spiro atoms. The van der Waals surface area contributed by atoms with Crippen molar-refractivity contribution in [1.29, 1.82) is 0 Å². The first-order valence-electron chi connectivity index (χ1n) is 5.55. The zero-order valence-corrected chi connectivity index (χ0v) is 10.8. The molecule has 0 unspecified atom stereocenters. The highest BCUT2D eigenvalue weighted by Crippen LogP contribution is 2.35. The van der Waals surface area contributed by atoms with Crippen LogP contribution < -0.4 is 0 Å². The van der Waals surface area contributed by atoms with E-state index in [4.69, 9.17) is 13.0 Å². The van der Waals surface area contributed by atoms with E-state index in [0.717, 1.165) is 7.11 Å². The first-order chi connectivity index (χ1) is 8.80. The van der Waals surface area contributed by atoms with E-state index in [1.165, 1.54) is 13.8 Å². The molecule has 0 aromatic heterocycles. The van der Waals surface area contributed by atoms with Crippen molar-refractivity contribution < 1.29 is 27.1 Å². The van der Waals surface area contributed by atoms with E-state index in [2.05, 4.69) is 0 Å². The summed E-state index contributed by atoms with van der Waals surface area (Å²) in [6, 6.07) is 0. The highest BCUT2D eigenvalue weighted by Gasteiger charge is 2.35. The maximum atomic E-state index is 13.5. The van der Waals surface area contributed by atoms with E-state index >= 15 is 0 Å². The van der Waals surface area contributed by atoms with Crippen LogP contribution in [0.2, 0.25) is 0 Å². The lowest BCUT2D eigenvalue weighted by atomic mass is 9.60. The minimum absolute atomic E-state index is 0.0574. The summed E-state index contributed by atoms with van der Waals surface area (Å²) in [7, 11) is 6.67. The van der Waals surface area contributed by atoms with Crippen LogP contribution in [0.25, 0.3) is 0 Å². The molecule has 1 nitrogen and oxygen atoms in total. The molecule has 0 heterocycles. The van der Waals surface area contributed by atoms with E-state index < -0.39 is 40.0 Å². The lowest BCUT2D eigenvalue weighted by Crippen LogP contribution is -2.29. The third kappa shape index (κ3) is 3.08. The average Bonchev–Trinajstić information content (AvgIpc) is 2.45. The lowest BCUT2D eigenvalue weighted by molar-refractivity contribution is 0.354. The first kappa shape index (κ1) is 17.9. The third-order valence-corrected chi connectivity index (χ3v) is 2.97. The molecule has 2 radical (unpaired) electrons. The second-order valence-electron chi connectivity index (χ2n) is 3.81. The number of aliphatic hydroxyl groups excluding tert-OH is 1. The first-order valence-corrected chi connectivity index (χ1v) is 5.55. The van der Waals surface area contributed by atoms with Crippen LogP contribution in [-0.4, -0.2) is 20.1 Å². The Labute approximate surface area is 109 Å². The van der Waals surface area contributed by atoms with Crippen molar-refractivity contribution in [3.8, 4) is 0 Å². The van der Waals surface area contributed by atoms with Gasteiger partial charge in [-0.25, -0.2) is 22.0 Å². The Hall–Kier alpha value is -1.11. The van der Waals surface area contributed by atoms with E-state index in [-0.39, 0.29) is 12.8 Å². The van der Waals surface area contributed by atoms with Crippen LogP contribution >= 0.6 is 0 Å². The van der Waals surface area contributed by atoms with E-state index in [0.29, 0.717) is 0 Å². The summed E-state index contributed by atoms with van der Waals surface area (Å²) in [6.07, 6.45) is 0.115. The van der Waals surface area contributed by atoms with Gasteiger partial charge in [-0.3, -0.25) is 0 Å². The van der Waals surface area contributed by atoms with E-state index in [1.807, 2.05) is 0 Å². The molecule has 0 aliphatic heterocycles. The van der Waals surface area contributed by atoms with Crippen LogP contribution in [0, 0.1) is 29.1 Å². The van der Waals surface area contributed by atoms with Crippen molar-refractivity contribution in [2.45, 2.75) is 32.0 Å². The Morgan fingerprint density at radius 1 is 0.789 bits per heavy atom. The molecule has 1 rings (SSSR count). The monoisotopic (exact) mass is 280 g/mol. The molecule has 1 N–H and O–H groups in total. The summed E-state index contributed by atoms with van der Waals surface area (Å²) in [6.45, 7) is 3.03. The zero-order chi connectivity index (χ0) is 15.4. The molecule has 1 aromatic rings. The van der Waals surface area contributed by atoms with Gasteiger partial charge in [-0.05, 0) is 5.31 Å². The summed E-state index contributed by atoms with van der Waals surface area (Å²) in [5.74, 6) is -9.80. The summed E-state index contributed by atoms with van der Waals surface area (Å²) in [5.41, 5.74) is -0.945. The van der Waals surface area contributed by atoms with Crippen molar-refractivity contribution in [2.75, 3.05) is 7.11 Å². The highest BCUT2D eigenvalue weighted by molar-refractivity contribution is 6.15. The van der Waals surface area contributed by atoms with Crippen LogP contribution in [0.15, 0.2) is 0 Å². The van der Waals surface area contributed by atoms with Gasteiger partial charge in [0.25, 0.3) is 0 Å². The number of halogens is 5. The second-order valence-corrected chi connectivity index (χ2v) is 3.81. The Balaban J connectivity index is 0.00000154. The minimum Gasteiger partial charge on any atom is -0.400 e. The number of aliphatic hydroxyl groups is 1. The Kier molecular flexibility index (Phi) is 6.49. The van der Waals surface area contributed by atoms with Crippen LogP contribution in [0.4, 0.5) is 22.0 Å². The molecular formula is C12H14BF5O. The van der Waals surface area contributed by atoms with Crippen molar-refractivity contribution in [3.63, 3.8) is 0 Å². The molecule has 0 amide bonds. The predicted molar refractivity (Wildman–Crippen MR) is 62.4 cm³/mol. The van der Waals surface area contributed by atoms with Crippen LogP contribution in [0.3, 0.4) is 0 Å². The van der Waals surface area contributed by atoms with Gasteiger partial charge in [0, 0.05) is 12.7 Å². The van der Waals surface area contributed by atoms with Gasteiger partial charge in [-0.15, -0.1) is 0 Å². The number of hydrogen-bond donors (Lipinski definition) is 1. The fourth-order valence-corrected chi connectivity index (χ4v) is 1.65. The molecule has 19 heavy (non-hydrogen) atoms. The van der Waals surface area contributed by atoms with Crippen LogP contribution in [0.1, 0.15) is 32.3 Å². The van der Waals surface area contributed by atoms with Crippen LogP contribution in [0.5, 0.6) is 0 Å². The molecule has 0 aliphatic rings. The van der Waals surface area contributed by atoms with Gasteiger partial charge in [-0.2, -0.15) is 0 Å². The topological polar surface area (TPSA) is 20.2 Å². The molecule has 106 valence electrons. The normalized spacial score (nSPS) is 11.0. The van der Waals surface area contributed by atoms with Crippen LogP contribution in [-0.2, 0) is 5.31 Å². The van der Waals surface area contributed by atoms with Crippen molar-refractivity contribution in [3.05, 3.63) is 34.6 Å². The van der Waals surface area contributed by atoms with Gasteiger partial charge in [0.2, 0.25) is 5.82 Å². The number of rotatable bonds is 3. The maximum Gasteiger partial charge on any atom is 0.200 e. The van der Waals surface area contributed by atoms with E-state index in [9.17, 15) is 22.0 Å². The van der Waals surface area contributed by atoms with Crippen molar-refractivity contribution in [1.82, 2.24) is 0 Å². The smallest absolute Gasteiger partial charge is 0.200 e. The van der Waals surface area contributed by atoms with Gasteiger partial charge >= 0.3 is 0 Å². The van der Waals surface area contributed by atoms with Gasteiger partial charge in [0.1, 0.15) is 0 Å². The molecular weight excluding hydrogens is 266 g/mol. The molecule has 0 atom stereocenters. The van der Waals surface area contributed by atoms with E-state index in [1.54, 1.807) is 0 Å². The second kappa shape index (κ2) is 6.89. The lowest BCUT2D eigenvalue weighted by Gasteiger charge is -2.29. The summed E-state index contributed by atoms with van der Waals surface area (Å²) in [4.78, 5) is 0. The average molecular weight is 280 g/mol. The van der Waals surface area contributed by atoms with Crippen molar-refractivity contribution in [2.24, 2.45) is 0 Å². The molecule has 0 saturated carbocycles. The zero-order valence-electron chi connectivity index (χ0n) is 10.8. The third-order valence-electron chi connectivity index (χ3n) is 2.97. The minimum atomic E-state index is -2.17. The Morgan fingerprint density at radius 3 is 1.32 bits per heavy atom. The fraction of sp³-hybridized carbons (Fsp3) is 0.500. The van der Waals surface area contributed by atoms with Gasteiger partial charge in [-0.1, -0.05) is 26.7 Å². The molecule has 0 saturated heterocycles.